The van der Waals surface area contributed by atoms with Gasteiger partial charge in [-0.3, -0.25) is 0 Å². The fourth-order valence-corrected chi connectivity index (χ4v) is 13.5. The zero-order valence-corrected chi connectivity index (χ0v) is 41.3. The Labute approximate surface area is 437 Å². The molecule has 0 aliphatic rings. The van der Waals surface area contributed by atoms with Crippen LogP contribution in [0.15, 0.2) is 267 Å². The van der Waals surface area contributed by atoms with Crippen LogP contribution in [0, 0.1) is 0 Å². The number of benzene rings is 13. The molecule has 0 spiro atoms. The van der Waals surface area contributed by atoms with Crippen molar-refractivity contribution in [1.82, 2.24) is 8.80 Å². The molecule has 13 aromatic carbocycles. The smallest absolute Gasteiger partial charge is 0.0634 e. The molecule has 2 heteroatoms. The second kappa shape index (κ2) is 15.7. The van der Waals surface area contributed by atoms with Crippen molar-refractivity contribution in [3.63, 3.8) is 0 Å². The van der Waals surface area contributed by atoms with Gasteiger partial charge in [-0.2, -0.15) is 0 Å². The third-order valence-electron chi connectivity index (χ3n) is 16.7. The maximum atomic E-state index is 2.64. The lowest BCUT2D eigenvalue weighted by Crippen LogP contribution is -1.93. The number of fused-ring (bicyclic) bond motifs is 14. The molecule has 0 bridgehead atoms. The van der Waals surface area contributed by atoms with Crippen LogP contribution < -0.4 is 0 Å². The average Bonchev–Trinajstić information content (AvgIpc) is 4.05. The van der Waals surface area contributed by atoms with Gasteiger partial charge in [0, 0.05) is 54.2 Å². The van der Waals surface area contributed by atoms with Gasteiger partial charge in [0.2, 0.25) is 0 Å². The molecule has 0 saturated carbocycles. The van der Waals surface area contributed by atoms with E-state index >= 15 is 0 Å². The van der Waals surface area contributed by atoms with Gasteiger partial charge >= 0.3 is 0 Å². The normalized spacial score (nSPS) is 12.2. The lowest BCUT2D eigenvalue weighted by atomic mass is 9.88. The lowest BCUT2D eigenvalue weighted by molar-refractivity contribution is 1.36. The van der Waals surface area contributed by atoms with E-state index in [2.05, 4.69) is 276 Å². The number of hydrogen-bond acceptors (Lipinski definition) is 0. The van der Waals surface area contributed by atoms with E-state index in [9.17, 15) is 0 Å². The molecule has 17 aromatic rings. The first-order valence-corrected chi connectivity index (χ1v) is 26.4. The summed E-state index contributed by atoms with van der Waals surface area (Å²) in [5, 5.41) is 15.1. The third kappa shape index (κ3) is 5.76. The molecule has 0 aliphatic carbocycles. The summed E-state index contributed by atoms with van der Waals surface area (Å²) in [6.07, 6.45) is 0. The topological polar surface area (TPSA) is 8.82 Å². The van der Waals surface area contributed by atoms with E-state index in [0.29, 0.717) is 0 Å². The van der Waals surface area contributed by atoms with E-state index in [-0.39, 0.29) is 0 Å². The SMILES string of the molecule is c1ccc(-c2ccc3cc(-c4ccc5c6c(-c7ccccc7)c7c(c(-c8ccccc8)c6n6c8ccccc8c4c56)c4ccc(-c5ccc6cc(-c8ccccc8)ccc6c5)c5c6ccccc6n7c45)ccc3c2)cc1. The van der Waals surface area contributed by atoms with Crippen LogP contribution >= 0.6 is 0 Å². The third-order valence-corrected chi connectivity index (χ3v) is 16.7. The van der Waals surface area contributed by atoms with E-state index in [0.717, 1.165) is 0 Å². The van der Waals surface area contributed by atoms with Crippen molar-refractivity contribution in [3.05, 3.63) is 267 Å². The molecule has 350 valence electrons. The number of rotatable bonds is 6. The Kier molecular flexibility index (Phi) is 8.59. The summed E-state index contributed by atoms with van der Waals surface area (Å²) in [5.41, 5.74) is 22.2. The molecule has 0 atom stereocenters. The van der Waals surface area contributed by atoms with Crippen molar-refractivity contribution >= 4 is 97.7 Å². The zero-order chi connectivity index (χ0) is 49.6. The van der Waals surface area contributed by atoms with Crippen molar-refractivity contribution in [2.24, 2.45) is 0 Å². The lowest BCUT2D eigenvalue weighted by Gasteiger charge is -2.16. The molecule has 0 unspecified atom stereocenters. The minimum Gasteiger partial charge on any atom is -0.307 e. The van der Waals surface area contributed by atoms with Crippen LogP contribution in [0.5, 0.6) is 0 Å². The number of hydrogen-bond donors (Lipinski definition) is 0. The Bertz CT molecular complexity index is 4850. The molecule has 2 nitrogen and oxygen atoms in total. The number of para-hydroxylation sites is 2. The molecule has 0 aliphatic heterocycles. The summed E-state index contributed by atoms with van der Waals surface area (Å²) in [6.45, 7) is 0. The molecule has 4 heterocycles. The Morgan fingerprint density at radius 1 is 0.197 bits per heavy atom. The van der Waals surface area contributed by atoms with Gasteiger partial charge in [0.1, 0.15) is 0 Å². The van der Waals surface area contributed by atoms with Crippen molar-refractivity contribution in [2.75, 3.05) is 0 Å². The quantitative estimate of drug-likeness (QED) is 0.157. The second-order valence-electron chi connectivity index (χ2n) is 20.7. The minimum absolute atomic E-state index is 1.20. The predicted molar refractivity (Wildman–Crippen MR) is 323 cm³/mol. The summed E-state index contributed by atoms with van der Waals surface area (Å²) in [6, 6.07) is 99.4. The predicted octanol–water partition coefficient (Wildman–Crippen LogP) is 20.3. The zero-order valence-electron chi connectivity index (χ0n) is 41.3. The van der Waals surface area contributed by atoms with Crippen LogP contribution in [-0.4, -0.2) is 8.80 Å². The Balaban J connectivity index is 0.995. The van der Waals surface area contributed by atoms with Crippen molar-refractivity contribution < 1.29 is 0 Å². The van der Waals surface area contributed by atoms with Gasteiger partial charge in [-0.05, 0) is 114 Å². The largest absolute Gasteiger partial charge is 0.307 e. The van der Waals surface area contributed by atoms with Gasteiger partial charge in [-0.1, -0.05) is 231 Å². The highest BCUT2D eigenvalue weighted by molar-refractivity contribution is 6.39. The number of nitrogens with zero attached hydrogens (tertiary/aromatic N) is 2. The second-order valence-corrected chi connectivity index (χ2v) is 20.7. The highest BCUT2D eigenvalue weighted by atomic mass is 14.9. The molecule has 17 rings (SSSR count). The molecular formula is C74H44N2. The first-order chi connectivity index (χ1) is 37.7. The van der Waals surface area contributed by atoms with Crippen LogP contribution in [0.4, 0.5) is 0 Å². The van der Waals surface area contributed by atoms with E-state index in [4.69, 9.17) is 0 Å². The summed E-state index contributed by atoms with van der Waals surface area (Å²) in [4.78, 5) is 0. The van der Waals surface area contributed by atoms with Crippen LogP contribution in [0.3, 0.4) is 0 Å². The van der Waals surface area contributed by atoms with Crippen molar-refractivity contribution in [1.29, 1.82) is 0 Å². The molecular weight excluding hydrogens is 917 g/mol. The number of aromatic nitrogens is 2. The summed E-state index contributed by atoms with van der Waals surface area (Å²) in [7, 11) is 0. The van der Waals surface area contributed by atoms with Gasteiger partial charge in [-0.25, -0.2) is 0 Å². The van der Waals surface area contributed by atoms with Crippen molar-refractivity contribution in [2.45, 2.75) is 0 Å². The van der Waals surface area contributed by atoms with Gasteiger partial charge in [0.15, 0.2) is 0 Å². The van der Waals surface area contributed by atoms with Crippen LogP contribution in [0.2, 0.25) is 0 Å². The van der Waals surface area contributed by atoms with Gasteiger partial charge in [0.05, 0.1) is 33.1 Å². The molecule has 0 fully saturated rings. The molecule has 76 heavy (non-hydrogen) atoms. The molecule has 0 radical (unpaired) electrons. The summed E-state index contributed by atoms with van der Waals surface area (Å²) >= 11 is 0. The van der Waals surface area contributed by atoms with E-state index in [1.807, 2.05) is 0 Å². The Hall–Kier alpha value is -10.0. The highest BCUT2D eigenvalue weighted by Gasteiger charge is 2.32. The molecule has 0 N–H and O–H groups in total. The van der Waals surface area contributed by atoms with Gasteiger partial charge in [0.25, 0.3) is 0 Å². The van der Waals surface area contributed by atoms with Gasteiger partial charge < -0.3 is 8.80 Å². The minimum atomic E-state index is 1.20. The first kappa shape index (κ1) is 41.5. The monoisotopic (exact) mass is 960 g/mol. The molecule has 0 saturated heterocycles. The van der Waals surface area contributed by atoms with E-state index in [1.165, 1.54) is 164 Å². The first-order valence-electron chi connectivity index (χ1n) is 26.4. The van der Waals surface area contributed by atoms with Gasteiger partial charge in [-0.15, -0.1) is 0 Å². The van der Waals surface area contributed by atoms with Crippen LogP contribution in [0.1, 0.15) is 0 Å². The molecule has 4 aromatic heterocycles. The van der Waals surface area contributed by atoms with Crippen LogP contribution in [0.25, 0.3) is 164 Å². The fourth-order valence-electron chi connectivity index (χ4n) is 13.5. The molecule has 0 amide bonds. The fraction of sp³-hybridized carbons (Fsp3) is 0. The van der Waals surface area contributed by atoms with E-state index in [1.54, 1.807) is 0 Å². The van der Waals surface area contributed by atoms with Crippen molar-refractivity contribution in [3.8, 4) is 66.8 Å². The maximum Gasteiger partial charge on any atom is 0.0634 e. The average molecular weight is 961 g/mol. The van der Waals surface area contributed by atoms with Crippen LogP contribution in [-0.2, 0) is 0 Å². The summed E-state index contributed by atoms with van der Waals surface area (Å²) < 4.78 is 5.27. The summed E-state index contributed by atoms with van der Waals surface area (Å²) in [5.74, 6) is 0. The standard InChI is InChI=1S/C74H44N2/c1-5-17-45(18-6-1)49-29-31-53-43-55(35-33-51(53)41-49)57-37-39-61-69-65(47-21-9-3-10-22-47)74-70(66(48-23-11-4-12-24-48)73(69)75-63-27-15-13-25-59(63)67(57)71(61)75)62-40-38-58(68-60-26-14-16-28-64(60)76(74)72(62)68)56-36-34-52-42-50(30-32-54(52)44-56)46-19-7-2-8-20-46/h1-44H. The maximum absolute atomic E-state index is 2.64. The Morgan fingerprint density at radius 3 is 0.921 bits per heavy atom. The highest BCUT2D eigenvalue weighted by Crippen LogP contribution is 2.56. The Morgan fingerprint density at radius 2 is 0.526 bits per heavy atom. The van der Waals surface area contributed by atoms with E-state index < -0.39 is 0 Å².